The van der Waals surface area contributed by atoms with Gasteiger partial charge < -0.3 is 10.7 Å². The summed E-state index contributed by atoms with van der Waals surface area (Å²) in [5, 5.41) is 0.0827. The Morgan fingerprint density at radius 1 is 1.20 bits per heavy atom. The quantitative estimate of drug-likeness (QED) is 0.738. The van der Waals surface area contributed by atoms with E-state index in [9.17, 15) is 13.2 Å². The number of fused-ring (bicyclic) bond motifs is 1. The molecule has 0 unspecified atom stereocenters. The van der Waals surface area contributed by atoms with Gasteiger partial charge in [-0.05, 0) is 18.5 Å². The normalized spacial score (nSPS) is 11.2. The third kappa shape index (κ3) is 1.48. The highest BCUT2D eigenvalue weighted by molar-refractivity contribution is 5.84. The van der Waals surface area contributed by atoms with Crippen LogP contribution in [0.2, 0.25) is 0 Å². The fraction of sp³-hybridized carbons (Fsp3) is 0.200. The van der Waals surface area contributed by atoms with E-state index in [1.54, 1.807) is 0 Å². The number of rotatable bonds is 2. The van der Waals surface area contributed by atoms with Gasteiger partial charge in [0.2, 0.25) is 0 Å². The Bertz CT molecular complexity index is 505. The zero-order valence-electron chi connectivity index (χ0n) is 7.78. The van der Waals surface area contributed by atoms with Crippen molar-refractivity contribution in [2.45, 2.75) is 6.42 Å². The molecular formula is C10H9F3N2. The SMILES string of the molecule is NCCc1c[nH]c2cc(F)c(F)c(F)c12. The third-order valence-electron chi connectivity index (χ3n) is 2.30. The molecule has 0 aliphatic carbocycles. The maximum Gasteiger partial charge on any atom is 0.195 e. The second-order valence-electron chi connectivity index (χ2n) is 3.26. The second kappa shape index (κ2) is 3.58. The van der Waals surface area contributed by atoms with Crippen LogP contribution in [0.5, 0.6) is 0 Å². The van der Waals surface area contributed by atoms with E-state index in [1.165, 1.54) is 6.20 Å². The van der Waals surface area contributed by atoms with Gasteiger partial charge in [-0.3, -0.25) is 0 Å². The van der Waals surface area contributed by atoms with Crippen LogP contribution in [0.25, 0.3) is 10.9 Å². The minimum Gasteiger partial charge on any atom is -0.361 e. The number of nitrogens with one attached hydrogen (secondary N) is 1. The van der Waals surface area contributed by atoms with Crippen LogP contribution in [0.4, 0.5) is 13.2 Å². The van der Waals surface area contributed by atoms with Gasteiger partial charge in [0.25, 0.3) is 0 Å². The monoisotopic (exact) mass is 214 g/mol. The topological polar surface area (TPSA) is 41.8 Å². The molecule has 80 valence electrons. The van der Waals surface area contributed by atoms with E-state index in [0.29, 0.717) is 18.5 Å². The molecule has 0 spiro atoms. The molecule has 0 aliphatic heterocycles. The first-order valence-electron chi connectivity index (χ1n) is 4.48. The van der Waals surface area contributed by atoms with E-state index in [4.69, 9.17) is 5.73 Å². The van der Waals surface area contributed by atoms with E-state index in [-0.39, 0.29) is 10.9 Å². The molecule has 5 heteroatoms. The van der Waals surface area contributed by atoms with Gasteiger partial charge in [-0.15, -0.1) is 0 Å². The summed E-state index contributed by atoms with van der Waals surface area (Å²) >= 11 is 0. The number of nitrogens with two attached hydrogens (primary N) is 1. The Labute approximate surface area is 83.9 Å². The molecule has 2 nitrogen and oxygen atoms in total. The highest BCUT2D eigenvalue weighted by Gasteiger charge is 2.16. The maximum absolute atomic E-state index is 13.4. The highest BCUT2D eigenvalue weighted by Crippen LogP contribution is 2.25. The first-order valence-corrected chi connectivity index (χ1v) is 4.48. The lowest BCUT2D eigenvalue weighted by molar-refractivity contribution is 0.453. The highest BCUT2D eigenvalue weighted by atomic mass is 19.2. The molecule has 0 saturated heterocycles. The van der Waals surface area contributed by atoms with E-state index >= 15 is 0 Å². The molecular weight excluding hydrogens is 205 g/mol. The first kappa shape index (κ1) is 10.0. The predicted octanol–water partition coefficient (Wildman–Crippen LogP) is 2.09. The second-order valence-corrected chi connectivity index (χ2v) is 3.26. The van der Waals surface area contributed by atoms with Crippen molar-refractivity contribution >= 4 is 10.9 Å². The average molecular weight is 214 g/mol. The zero-order valence-corrected chi connectivity index (χ0v) is 7.78. The molecule has 0 radical (unpaired) electrons. The molecule has 15 heavy (non-hydrogen) atoms. The molecule has 2 rings (SSSR count). The summed E-state index contributed by atoms with van der Waals surface area (Å²) in [6.45, 7) is 0.325. The van der Waals surface area contributed by atoms with E-state index < -0.39 is 17.5 Å². The summed E-state index contributed by atoms with van der Waals surface area (Å²) in [5.74, 6) is -3.80. The molecule has 0 fully saturated rings. The fourth-order valence-corrected chi connectivity index (χ4v) is 1.61. The van der Waals surface area contributed by atoms with Crippen molar-refractivity contribution in [1.82, 2.24) is 4.98 Å². The molecule has 2 aromatic rings. The molecule has 1 heterocycles. The Morgan fingerprint density at radius 3 is 2.60 bits per heavy atom. The summed E-state index contributed by atoms with van der Waals surface area (Å²) < 4.78 is 39.2. The van der Waals surface area contributed by atoms with Gasteiger partial charge in [-0.1, -0.05) is 0 Å². The lowest BCUT2D eigenvalue weighted by Gasteiger charge is -2.00. The lowest BCUT2D eigenvalue weighted by Crippen LogP contribution is -2.02. The largest absolute Gasteiger partial charge is 0.361 e. The summed E-state index contributed by atoms with van der Waals surface area (Å²) in [4.78, 5) is 2.68. The predicted molar refractivity (Wildman–Crippen MR) is 50.9 cm³/mol. The minimum atomic E-state index is -1.44. The molecule has 0 amide bonds. The van der Waals surface area contributed by atoms with Gasteiger partial charge in [0, 0.05) is 17.6 Å². The van der Waals surface area contributed by atoms with Gasteiger partial charge in [-0.25, -0.2) is 13.2 Å². The van der Waals surface area contributed by atoms with Gasteiger partial charge in [0.15, 0.2) is 17.5 Å². The third-order valence-corrected chi connectivity index (χ3v) is 2.30. The summed E-state index contributed by atoms with van der Waals surface area (Å²) in [7, 11) is 0. The summed E-state index contributed by atoms with van der Waals surface area (Å²) in [6.07, 6.45) is 1.93. The molecule has 0 bridgehead atoms. The minimum absolute atomic E-state index is 0.0827. The van der Waals surface area contributed by atoms with Crippen LogP contribution < -0.4 is 5.73 Å². The Hall–Kier alpha value is -1.49. The van der Waals surface area contributed by atoms with Crippen molar-refractivity contribution in [3.63, 3.8) is 0 Å². The molecule has 0 saturated carbocycles. The number of benzene rings is 1. The van der Waals surface area contributed by atoms with Crippen molar-refractivity contribution in [3.8, 4) is 0 Å². The lowest BCUT2D eigenvalue weighted by atomic mass is 10.1. The van der Waals surface area contributed by atoms with Gasteiger partial charge in [-0.2, -0.15) is 0 Å². The maximum atomic E-state index is 13.4. The summed E-state index contributed by atoms with van der Waals surface area (Å²) in [6, 6.07) is 0.938. The number of hydrogen-bond acceptors (Lipinski definition) is 1. The van der Waals surface area contributed by atoms with Crippen molar-refractivity contribution in [3.05, 3.63) is 35.3 Å². The average Bonchev–Trinajstić information content (AvgIpc) is 2.59. The van der Waals surface area contributed by atoms with Crippen LogP contribution in [0.15, 0.2) is 12.3 Å². The fourth-order valence-electron chi connectivity index (χ4n) is 1.61. The van der Waals surface area contributed by atoms with Gasteiger partial charge in [0.05, 0.1) is 5.52 Å². The van der Waals surface area contributed by atoms with Gasteiger partial charge in [0.1, 0.15) is 0 Å². The molecule has 0 atom stereocenters. The van der Waals surface area contributed by atoms with Gasteiger partial charge >= 0.3 is 0 Å². The Balaban J connectivity index is 2.74. The van der Waals surface area contributed by atoms with Crippen LogP contribution in [-0.4, -0.2) is 11.5 Å². The van der Waals surface area contributed by atoms with E-state index in [1.807, 2.05) is 0 Å². The smallest absolute Gasteiger partial charge is 0.195 e. The van der Waals surface area contributed by atoms with Crippen molar-refractivity contribution in [1.29, 1.82) is 0 Å². The van der Waals surface area contributed by atoms with Crippen LogP contribution >= 0.6 is 0 Å². The van der Waals surface area contributed by atoms with E-state index in [2.05, 4.69) is 4.98 Å². The first-order chi connectivity index (χ1) is 7.15. The Morgan fingerprint density at radius 2 is 1.93 bits per heavy atom. The number of aromatic amines is 1. The Kier molecular flexibility index (Phi) is 2.40. The standard InChI is InChI=1S/C10H9F3N2/c11-6-3-7-8(10(13)9(6)12)5(1-2-14)4-15-7/h3-4,15H,1-2,14H2. The number of hydrogen-bond donors (Lipinski definition) is 2. The molecule has 0 aliphatic rings. The number of halogens is 3. The van der Waals surface area contributed by atoms with Crippen LogP contribution in [0.1, 0.15) is 5.56 Å². The molecule has 1 aromatic heterocycles. The van der Waals surface area contributed by atoms with Crippen molar-refractivity contribution < 1.29 is 13.2 Å². The molecule has 1 aromatic carbocycles. The van der Waals surface area contributed by atoms with Crippen LogP contribution in [0, 0.1) is 17.5 Å². The van der Waals surface area contributed by atoms with Crippen LogP contribution in [-0.2, 0) is 6.42 Å². The number of H-pyrrole nitrogens is 1. The summed E-state index contributed by atoms with van der Waals surface area (Å²) in [5.41, 5.74) is 6.13. The van der Waals surface area contributed by atoms with E-state index in [0.717, 1.165) is 6.07 Å². The number of aromatic nitrogens is 1. The van der Waals surface area contributed by atoms with Crippen LogP contribution in [0.3, 0.4) is 0 Å². The van der Waals surface area contributed by atoms with Crippen molar-refractivity contribution in [2.24, 2.45) is 5.73 Å². The zero-order chi connectivity index (χ0) is 11.0. The van der Waals surface area contributed by atoms with Crippen molar-refractivity contribution in [2.75, 3.05) is 6.54 Å². The molecule has 3 N–H and O–H groups in total.